The number of nitrogens with one attached hydrogen (secondary N) is 1. The topological polar surface area (TPSA) is 83.5 Å². The molecular weight excluding hydrogens is 310 g/mol. The van der Waals surface area contributed by atoms with Gasteiger partial charge in [-0.3, -0.25) is 4.72 Å². The first-order valence-corrected chi connectivity index (χ1v) is 8.79. The van der Waals surface area contributed by atoms with Gasteiger partial charge < -0.3 is 5.11 Å². The second kappa shape index (κ2) is 5.16. The highest BCUT2D eigenvalue weighted by Crippen LogP contribution is 2.28. The van der Waals surface area contributed by atoms with Crippen LogP contribution < -0.4 is 4.72 Å². The molecule has 7 heteroatoms. The van der Waals surface area contributed by atoms with Gasteiger partial charge in [0.25, 0.3) is 10.0 Å². The van der Waals surface area contributed by atoms with Crippen molar-refractivity contribution in [1.82, 2.24) is 0 Å². The minimum atomic E-state index is -3.88. The molecule has 3 rings (SSSR count). The Morgan fingerprint density at radius 3 is 2.71 bits per heavy atom. The van der Waals surface area contributed by atoms with Crippen molar-refractivity contribution in [1.29, 1.82) is 0 Å². The molecule has 1 heterocycles. The first-order chi connectivity index (χ1) is 9.97. The number of carbonyl (C=O) groups is 1. The Bertz CT molecular complexity index is 808. The van der Waals surface area contributed by atoms with E-state index in [1.807, 2.05) is 12.1 Å². The molecule has 0 fully saturated rings. The lowest BCUT2D eigenvalue weighted by Gasteiger charge is -2.09. The van der Waals surface area contributed by atoms with E-state index < -0.39 is 16.0 Å². The number of fused-ring (bicyclic) bond motifs is 1. The molecule has 2 aromatic rings. The van der Waals surface area contributed by atoms with Crippen molar-refractivity contribution in [3.05, 3.63) is 45.6 Å². The Morgan fingerprint density at radius 1 is 1.19 bits per heavy atom. The summed E-state index contributed by atoms with van der Waals surface area (Å²) in [5.74, 6) is -1.24. The lowest BCUT2D eigenvalue weighted by atomic mass is 10.1. The highest BCUT2D eigenvalue weighted by atomic mass is 32.2. The van der Waals surface area contributed by atoms with Crippen molar-refractivity contribution < 1.29 is 18.3 Å². The van der Waals surface area contributed by atoms with Crippen LogP contribution in [-0.2, 0) is 22.9 Å². The van der Waals surface area contributed by atoms with Gasteiger partial charge in [0, 0.05) is 5.69 Å². The molecule has 0 aliphatic heterocycles. The molecule has 0 amide bonds. The van der Waals surface area contributed by atoms with Crippen LogP contribution in [0.3, 0.4) is 0 Å². The van der Waals surface area contributed by atoms with E-state index in [0.29, 0.717) is 5.69 Å². The third-order valence-electron chi connectivity index (χ3n) is 3.46. The van der Waals surface area contributed by atoms with Crippen molar-refractivity contribution in [3.8, 4) is 0 Å². The summed E-state index contributed by atoms with van der Waals surface area (Å²) in [5, 5.41) is 10.5. The van der Waals surface area contributed by atoms with Gasteiger partial charge in [0.15, 0.2) is 0 Å². The normalized spacial score (nSPS) is 13.9. The molecule has 1 aliphatic carbocycles. The molecule has 0 saturated heterocycles. The van der Waals surface area contributed by atoms with Gasteiger partial charge in [-0.2, -0.15) is 0 Å². The summed E-state index contributed by atoms with van der Waals surface area (Å²) in [6.07, 6.45) is 3.05. The highest BCUT2D eigenvalue weighted by Gasteiger charge is 2.24. The zero-order valence-corrected chi connectivity index (χ0v) is 12.6. The predicted octanol–water partition coefficient (Wildman–Crippen LogP) is 2.74. The molecular formula is C14H13NO4S2. The summed E-state index contributed by atoms with van der Waals surface area (Å²) < 4.78 is 27.1. The monoisotopic (exact) mass is 323 g/mol. The zero-order valence-electron chi connectivity index (χ0n) is 11.0. The third kappa shape index (κ3) is 2.66. The smallest absolute Gasteiger partial charge is 0.347 e. The second-order valence-electron chi connectivity index (χ2n) is 4.86. The maximum absolute atomic E-state index is 12.3. The van der Waals surface area contributed by atoms with Gasteiger partial charge in [-0.05, 0) is 54.0 Å². The van der Waals surface area contributed by atoms with Crippen molar-refractivity contribution in [2.24, 2.45) is 0 Å². The number of benzene rings is 1. The number of hydrogen-bond acceptors (Lipinski definition) is 4. The summed E-state index contributed by atoms with van der Waals surface area (Å²) in [7, 11) is -3.88. The van der Waals surface area contributed by atoms with Crippen LogP contribution in [0.5, 0.6) is 0 Å². The Morgan fingerprint density at radius 2 is 1.95 bits per heavy atom. The number of carboxylic acids is 1. The van der Waals surface area contributed by atoms with E-state index in [2.05, 4.69) is 4.72 Å². The minimum absolute atomic E-state index is 0.177. The number of rotatable bonds is 4. The molecule has 5 nitrogen and oxygen atoms in total. The van der Waals surface area contributed by atoms with Gasteiger partial charge in [-0.25, -0.2) is 13.2 Å². The lowest BCUT2D eigenvalue weighted by molar-refractivity contribution is 0.0698. The largest absolute Gasteiger partial charge is 0.477 e. The summed E-state index contributed by atoms with van der Waals surface area (Å²) in [6.45, 7) is 0. The van der Waals surface area contributed by atoms with Crippen LogP contribution in [0, 0.1) is 0 Å². The summed E-state index contributed by atoms with van der Waals surface area (Å²) in [6, 6.07) is 6.77. The Labute approximate surface area is 126 Å². The standard InChI is InChI=1S/C14H13NO4S2/c16-14(17)13-12(6-7-20-13)21(18,19)15-11-5-4-9-2-1-3-10(9)8-11/h4-8,15H,1-3H2,(H,16,17). The van der Waals surface area contributed by atoms with Crippen LogP contribution in [0.25, 0.3) is 0 Å². The summed E-state index contributed by atoms with van der Waals surface area (Å²) in [5.41, 5.74) is 2.87. The van der Waals surface area contributed by atoms with E-state index in [1.54, 1.807) is 6.07 Å². The first kappa shape index (κ1) is 14.1. The van der Waals surface area contributed by atoms with Gasteiger partial charge in [-0.15, -0.1) is 11.3 Å². The maximum Gasteiger partial charge on any atom is 0.347 e. The molecule has 2 N–H and O–H groups in total. The van der Waals surface area contributed by atoms with Crippen LogP contribution >= 0.6 is 11.3 Å². The van der Waals surface area contributed by atoms with Crippen LogP contribution in [0.1, 0.15) is 27.2 Å². The Balaban J connectivity index is 1.93. The molecule has 21 heavy (non-hydrogen) atoms. The van der Waals surface area contributed by atoms with Gasteiger partial charge in [0.2, 0.25) is 0 Å². The van der Waals surface area contributed by atoms with E-state index >= 15 is 0 Å². The minimum Gasteiger partial charge on any atom is -0.477 e. The molecule has 0 unspecified atom stereocenters. The third-order valence-corrected chi connectivity index (χ3v) is 5.92. The second-order valence-corrected chi connectivity index (χ2v) is 7.43. The fraction of sp³-hybridized carbons (Fsp3) is 0.214. The summed E-state index contributed by atoms with van der Waals surface area (Å²) >= 11 is 0.896. The molecule has 0 spiro atoms. The number of carboxylic acid groups (broad SMARTS) is 1. The van der Waals surface area contributed by atoms with Crippen molar-refractivity contribution in [3.63, 3.8) is 0 Å². The molecule has 0 bridgehead atoms. The van der Waals surface area contributed by atoms with Crippen molar-refractivity contribution in [2.45, 2.75) is 24.2 Å². The van der Waals surface area contributed by atoms with Crippen LogP contribution in [0.2, 0.25) is 0 Å². The van der Waals surface area contributed by atoms with Crippen LogP contribution in [-0.4, -0.2) is 19.5 Å². The molecule has 1 aliphatic rings. The molecule has 0 radical (unpaired) electrons. The molecule has 1 aromatic carbocycles. The van der Waals surface area contributed by atoms with Gasteiger partial charge in [-0.1, -0.05) is 6.07 Å². The summed E-state index contributed by atoms with van der Waals surface area (Å²) in [4.78, 5) is 10.7. The fourth-order valence-electron chi connectivity index (χ4n) is 2.51. The van der Waals surface area contributed by atoms with Crippen molar-refractivity contribution >= 4 is 33.0 Å². The number of thiophene rings is 1. The number of sulfonamides is 1. The predicted molar refractivity (Wildman–Crippen MR) is 80.6 cm³/mol. The van der Waals surface area contributed by atoms with Crippen molar-refractivity contribution in [2.75, 3.05) is 4.72 Å². The number of anilines is 1. The Kier molecular flexibility index (Phi) is 3.46. The quantitative estimate of drug-likeness (QED) is 0.906. The molecule has 1 aromatic heterocycles. The fourth-order valence-corrected chi connectivity index (χ4v) is 4.82. The average molecular weight is 323 g/mol. The number of aryl methyl sites for hydroxylation is 2. The maximum atomic E-state index is 12.3. The number of hydrogen-bond donors (Lipinski definition) is 2. The molecule has 0 atom stereocenters. The van der Waals surface area contributed by atoms with E-state index in [4.69, 9.17) is 5.11 Å². The van der Waals surface area contributed by atoms with Crippen LogP contribution in [0.15, 0.2) is 34.5 Å². The molecule has 110 valence electrons. The van der Waals surface area contributed by atoms with Gasteiger partial charge >= 0.3 is 5.97 Å². The lowest BCUT2D eigenvalue weighted by Crippen LogP contribution is -2.15. The Hall–Kier alpha value is -1.86. The SMILES string of the molecule is O=C(O)c1sccc1S(=O)(=O)Nc1ccc2c(c1)CCC2. The first-order valence-electron chi connectivity index (χ1n) is 6.43. The van der Waals surface area contributed by atoms with E-state index in [1.165, 1.54) is 17.0 Å². The van der Waals surface area contributed by atoms with Crippen LogP contribution in [0.4, 0.5) is 5.69 Å². The van der Waals surface area contributed by atoms with Gasteiger partial charge in [0.1, 0.15) is 9.77 Å². The average Bonchev–Trinajstić information content (AvgIpc) is 3.06. The molecule has 0 saturated carbocycles. The van der Waals surface area contributed by atoms with Gasteiger partial charge in [0.05, 0.1) is 0 Å². The van der Waals surface area contributed by atoms with E-state index in [-0.39, 0.29) is 9.77 Å². The number of aromatic carboxylic acids is 1. The van der Waals surface area contributed by atoms with E-state index in [0.717, 1.165) is 36.2 Å². The highest BCUT2D eigenvalue weighted by molar-refractivity contribution is 7.93. The zero-order chi connectivity index (χ0) is 15.0. The van der Waals surface area contributed by atoms with E-state index in [9.17, 15) is 13.2 Å².